The van der Waals surface area contributed by atoms with Crippen LogP contribution in [0, 0.1) is 6.92 Å². The lowest BCUT2D eigenvalue weighted by Gasteiger charge is -2.23. The third-order valence-electron chi connectivity index (χ3n) is 3.85. The molecule has 0 saturated carbocycles. The van der Waals surface area contributed by atoms with Gasteiger partial charge >= 0.3 is 0 Å². The van der Waals surface area contributed by atoms with E-state index in [0.717, 1.165) is 75.2 Å². The zero-order valence-electron chi connectivity index (χ0n) is 14.2. The van der Waals surface area contributed by atoms with E-state index in [1.54, 1.807) is 0 Å². The van der Waals surface area contributed by atoms with Crippen molar-refractivity contribution < 1.29 is 0 Å². The van der Waals surface area contributed by atoms with Crippen molar-refractivity contribution in [1.29, 1.82) is 0 Å². The molecule has 0 radical (unpaired) electrons. The Labute approximate surface area is 129 Å². The van der Waals surface area contributed by atoms with Crippen molar-refractivity contribution in [3.8, 4) is 0 Å². The van der Waals surface area contributed by atoms with E-state index in [9.17, 15) is 4.79 Å². The molecule has 0 spiro atoms. The highest BCUT2D eigenvalue weighted by molar-refractivity contribution is 5.33. The molecule has 1 aromatic heterocycles. The fourth-order valence-corrected chi connectivity index (χ4v) is 2.41. The molecular formula is C17H31N3O. The average molecular weight is 293 g/mol. The summed E-state index contributed by atoms with van der Waals surface area (Å²) in [7, 11) is 0. The molecule has 1 heterocycles. The molecule has 0 aromatic carbocycles. The summed E-state index contributed by atoms with van der Waals surface area (Å²) in [4.78, 5) is 22.2. The second kappa shape index (κ2) is 9.59. The number of aromatic amines is 1. The minimum atomic E-state index is 0.0453. The van der Waals surface area contributed by atoms with Crippen molar-refractivity contribution in [3.63, 3.8) is 0 Å². The van der Waals surface area contributed by atoms with Gasteiger partial charge in [-0.25, -0.2) is 4.98 Å². The molecule has 1 rings (SSSR count). The van der Waals surface area contributed by atoms with Crippen LogP contribution >= 0.6 is 0 Å². The third kappa shape index (κ3) is 5.52. The molecule has 1 aromatic rings. The molecule has 1 N–H and O–H groups in total. The van der Waals surface area contributed by atoms with Gasteiger partial charge in [0.25, 0.3) is 5.56 Å². The zero-order valence-corrected chi connectivity index (χ0v) is 14.2. The Morgan fingerprint density at radius 1 is 1.00 bits per heavy atom. The normalized spacial score (nSPS) is 10.9. The van der Waals surface area contributed by atoms with E-state index < -0.39 is 0 Å². The molecule has 0 amide bonds. The van der Waals surface area contributed by atoms with Gasteiger partial charge in [0.2, 0.25) is 5.95 Å². The van der Waals surface area contributed by atoms with Gasteiger partial charge in [0.1, 0.15) is 0 Å². The molecule has 0 saturated heterocycles. The number of aromatic nitrogens is 2. The Morgan fingerprint density at radius 2 is 1.57 bits per heavy atom. The highest BCUT2D eigenvalue weighted by Crippen LogP contribution is 2.12. The molecule has 0 aliphatic carbocycles. The highest BCUT2D eigenvalue weighted by atomic mass is 16.1. The summed E-state index contributed by atoms with van der Waals surface area (Å²) in [6, 6.07) is 0. The monoisotopic (exact) mass is 293 g/mol. The smallest absolute Gasteiger partial charge is 0.255 e. The van der Waals surface area contributed by atoms with Crippen molar-refractivity contribution in [2.45, 2.75) is 72.6 Å². The van der Waals surface area contributed by atoms with Crippen molar-refractivity contribution in [1.82, 2.24) is 9.97 Å². The maximum absolute atomic E-state index is 12.3. The number of nitrogens with one attached hydrogen (secondary N) is 1. The van der Waals surface area contributed by atoms with Crippen LogP contribution in [0.3, 0.4) is 0 Å². The fourth-order valence-electron chi connectivity index (χ4n) is 2.41. The van der Waals surface area contributed by atoms with Gasteiger partial charge in [0.05, 0.1) is 0 Å². The van der Waals surface area contributed by atoms with Gasteiger partial charge in [-0.3, -0.25) is 9.78 Å². The Balaban J connectivity index is 2.95. The topological polar surface area (TPSA) is 49.0 Å². The van der Waals surface area contributed by atoms with Gasteiger partial charge in [-0.05, 0) is 32.6 Å². The number of aryl methyl sites for hydroxylation is 1. The van der Waals surface area contributed by atoms with Crippen LogP contribution in [0.5, 0.6) is 0 Å². The van der Waals surface area contributed by atoms with Gasteiger partial charge < -0.3 is 4.90 Å². The summed E-state index contributed by atoms with van der Waals surface area (Å²) in [6.07, 6.45) is 7.53. The van der Waals surface area contributed by atoms with Gasteiger partial charge in [-0.15, -0.1) is 0 Å². The minimum absolute atomic E-state index is 0.0453. The Kier molecular flexibility index (Phi) is 8.09. The molecule has 0 aliphatic heterocycles. The maximum atomic E-state index is 12.3. The molecule has 0 fully saturated rings. The summed E-state index contributed by atoms with van der Waals surface area (Å²) < 4.78 is 0. The van der Waals surface area contributed by atoms with Crippen LogP contribution in [0.15, 0.2) is 4.79 Å². The second-order valence-corrected chi connectivity index (χ2v) is 5.75. The number of hydrogen-bond acceptors (Lipinski definition) is 3. The Hall–Kier alpha value is -1.32. The van der Waals surface area contributed by atoms with Crippen molar-refractivity contribution in [2.24, 2.45) is 0 Å². The lowest BCUT2D eigenvalue weighted by atomic mass is 10.1. The quantitative estimate of drug-likeness (QED) is 0.713. The Bertz CT molecular complexity index is 460. The van der Waals surface area contributed by atoms with Crippen molar-refractivity contribution in [2.75, 3.05) is 18.0 Å². The second-order valence-electron chi connectivity index (χ2n) is 5.75. The van der Waals surface area contributed by atoms with E-state index in [-0.39, 0.29) is 5.56 Å². The van der Waals surface area contributed by atoms with Crippen LogP contribution in [-0.4, -0.2) is 23.1 Å². The van der Waals surface area contributed by atoms with E-state index in [1.165, 1.54) is 0 Å². The third-order valence-corrected chi connectivity index (χ3v) is 3.85. The number of unbranched alkanes of at least 4 members (excludes halogenated alkanes) is 3. The first kappa shape index (κ1) is 17.7. The summed E-state index contributed by atoms with van der Waals surface area (Å²) >= 11 is 0. The van der Waals surface area contributed by atoms with Crippen LogP contribution < -0.4 is 10.5 Å². The number of rotatable bonds is 10. The van der Waals surface area contributed by atoms with Crippen LogP contribution in [0.2, 0.25) is 0 Å². The molecule has 4 nitrogen and oxygen atoms in total. The number of H-pyrrole nitrogens is 1. The summed E-state index contributed by atoms with van der Waals surface area (Å²) in [5.74, 6) is 0.750. The van der Waals surface area contributed by atoms with Crippen LogP contribution in [0.25, 0.3) is 0 Å². The van der Waals surface area contributed by atoms with Crippen molar-refractivity contribution in [3.05, 3.63) is 21.6 Å². The first-order valence-electron chi connectivity index (χ1n) is 8.48. The van der Waals surface area contributed by atoms with Crippen LogP contribution in [0.1, 0.15) is 70.6 Å². The van der Waals surface area contributed by atoms with E-state index >= 15 is 0 Å². The first-order chi connectivity index (χ1) is 10.1. The van der Waals surface area contributed by atoms with Crippen molar-refractivity contribution >= 4 is 5.95 Å². The Morgan fingerprint density at radius 3 is 2.05 bits per heavy atom. The summed E-state index contributed by atoms with van der Waals surface area (Å²) in [5, 5.41) is 0. The largest absolute Gasteiger partial charge is 0.342 e. The molecule has 21 heavy (non-hydrogen) atoms. The minimum Gasteiger partial charge on any atom is -0.342 e. The molecule has 0 unspecified atom stereocenters. The maximum Gasteiger partial charge on any atom is 0.255 e. The standard InChI is InChI=1S/C17H31N3O/c1-5-8-11-15-14(4)18-17(19-16(15)21)20(12-9-6-2)13-10-7-3/h5-13H2,1-4H3,(H,18,19,21). The summed E-state index contributed by atoms with van der Waals surface area (Å²) in [5.41, 5.74) is 1.79. The number of hydrogen-bond donors (Lipinski definition) is 1. The van der Waals surface area contributed by atoms with E-state index in [2.05, 4.69) is 35.6 Å². The first-order valence-corrected chi connectivity index (χ1v) is 8.48. The van der Waals surface area contributed by atoms with Gasteiger partial charge in [0.15, 0.2) is 0 Å². The van der Waals surface area contributed by atoms with Gasteiger partial charge in [0, 0.05) is 24.3 Å². The number of nitrogens with zero attached hydrogens (tertiary/aromatic N) is 2. The summed E-state index contributed by atoms with van der Waals surface area (Å²) in [6.45, 7) is 10.4. The predicted molar refractivity (Wildman–Crippen MR) is 90.2 cm³/mol. The average Bonchev–Trinajstić information content (AvgIpc) is 2.46. The SMILES string of the molecule is CCCCc1c(C)nc(N(CCCC)CCCC)[nH]c1=O. The lowest BCUT2D eigenvalue weighted by molar-refractivity contribution is 0.658. The predicted octanol–water partition coefficient (Wildman–Crippen LogP) is 3.83. The van der Waals surface area contributed by atoms with E-state index in [1.807, 2.05) is 6.92 Å². The van der Waals surface area contributed by atoms with Crippen LogP contribution in [-0.2, 0) is 6.42 Å². The number of anilines is 1. The molecule has 0 atom stereocenters. The molecule has 0 bridgehead atoms. The van der Waals surface area contributed by atoms with Gasteiger partial charge in [-0.2, -0.15) is 0 Å². The van der Waals surface area contributed by atoms with Crippen LogP contribution in [0.4, 0.5) is 5.95 Å². The zero-order chi connectivity index (χ0) is 15.7. The molecular weight excluding hydrogens is 262 g/mol. The van der Waals surface area contributed by atoms with E-state index in [0.29, 0.717) is 0 Å². The van der Waals surface area contributed by atoms with Gasteiger partial charge in [-0.1, -0.05) is 40.0 Å². The molecule has 0 aliphatic rings. The fraction of sp³-hybridized carbons (Fsp3) is 0.765. The molecule has 4 heteroatoms. The van der Waals surface area contributed by atoms with E-state index in [4.69, 9.17) is 0 Å². The highest BCUT2D eigenvalue weighted by Gasteiger charge is 2.12. The molecule has 120 valence electrons. The lowest BCUT2D eigenvalue weighted by Crippen LogP contribution is -2.31.